The lowest BCUT2D eigenvalue weighted by molar-refractivity contribution is -0.132. The predicted molar refractivity (Wildman–Crippen MR) is 66.3 cm³/mol. The van der Waals surface area contributed by atoms with Gasteiger partial charge in [-0.2, -0.15) is 0 Å². The Hall–Kier alpha value is -1.62. The number of carbonyl (C=O) groups is 1. The molecule has 5 heteroatoms. The van der Waals surface area contributed by atoms with Crippen LogP contribution in [0.2, 0.25) is 0 Å². The molecule has 1 atom stereocenters. The molecule has 0 unspecified atom stereocenters. The molecule has 0 spiro atoms. The van der Waals surface area contributed by atoms with E-state index in [1.54, 1.807) is 31.6 Å². The molecule has 0 aromatic carbocycles. The molecular weight excluding hydrogens is 232 g/mol. The fourth-order valence-corrected chi connectivity index (χ4v) is 2.10. The molecule has 1 amide bonds. The predicted octanol–water partition coefficient (Wildman–Crippen LogP) is 0.955. The van der Waals surface area contributed by atoms with Crippen LogP contribution in [0.3, 0.4) is 0 Å². The van der Waals surface area contributed by atoms with Gasteiger partial charge in [0.1, 0.15) is 5.75 Å². The number of hydrogen-bond acceptors (Lipinski definition) is 4. The highest BCUT2D eigenvalue weighted by atomic mass is 16.5. The number of methoxy groups -OCH3 is 1. The molecule has 1 saturated heterocycles. The largest absolute Gasteiger partial charge is 0.482 e. The highest BCUT2D eigenvalue weighted by molar-refractivity contribution is 5.78. The van der Waals surface area contributed by atoms with Crippen molar-refractivity contribution in [3.8, 4) is 5.75 Å². The standard InChI is InChI=1S/C13H18N2O3/c1-17-9-11-4-6-15(8-11)13(16)10-18-12-3-2-5-14-7-12/h2-3,5,7,11H,4,6,8-10H2,1H3/t11-/m0/s1. The first kappa shape index (κ1) is 12.8. The van der Waals surface area contributed by atoms with Crippen LogP contribution in [-0.4, -0.2) is 49.2 Å². The van der Waals surface area contributed by atoms with Crippen molar-refractivity contribution in [1.82, 2.24) is 9.88 Å². The van der Waals surface area contributed by atoms with Gasteiger partial charge in [-0.1, -0.05) is 0 Å². The molecule has 0 aliphatic carbocycles. The second kappa shape index (κ2) is 6.35. The van der Waals surface area contributed by atoms with E-state index in [0.717, 1.165) is 19.5 Å². The fraction of sp³-hybridized carbons (Fsp3) is 0.538. The lowest BCUT2D eigenvalue weighted by atomic mass is 10.1. The number of aromatic nitrogens is 1. The lowest BCUT2D eigenvalue weighted by Gasteiger charge is -2.16. The third-order valence-electron chi connectivity index (χ3n) is 3.04. The van der Waals surface area contributed by atoms with Gasteiger partial charge in [-0.15, -0.1) is 0 Å². The number of nitrogens with zero attached hydrogens (tertiary/aromatic N) is 2. The second-order valence-corrected chi connectivity index (χ2v) is 4.43. The van der Waals surface area contributed by atoms with Crippen LogP contribution in [0, 0.1) is 5.92 Å². The van der Waals surface area contributed by atoms with Gasteiger partial charge in [-0.3, -0.25) is 9.78 Å². The van der Waals surface area contributed by atoms with Crippen LogP contribution < -0.4 is 4.74 Å². The topological polar surface area (TPSA) is 51.7 Å². The molecule has 2 heterocycles. The molecule has 2 rings (SSSR count). The van der Waals surface area contributed by atoms with E-state index in [4.69, 9.17) is 9.47 Å². The average Bonchev–Trinajstić information content (AvgIpc) is 2.86. The van der Waals surface area contributed by atoms with Crippen LogP contribution >= 0.6 is 0 Å². The first-order chi connectivity index (χ1) is 8.79. The maximum atomic E-state index is 11.9. The summed E-state index contributed by atoms with van der Waals surface area (Å²) in [4.78, 5) is 17.7. The van der Waals surface area contributed by atoms with Crippen molar-refractivity contribution in [2.45, 2.75) is 6.42 Å². The average molecular weight is 250 g/mol. The number of hydrogen-bond donors (Lipinski definition) is 0. The van der Waals surface area contributed by atoms with E-state index in [9.17, 15) is 4.79 Å². The van der Waals surface area contributed by atoms with Crippen molar-refractivity contribution < 1.29 is 14.3 Å². The maximum Gasteiger partial charge on any atom is 0.260 e. The van der Waals surface area contributed by atoms with Gasteiger partial charge in [0.2, 0.25) is 0 Å². The van der Waals surface area contributed by atoms with Gasteiger partial charge in [0.15, 0.2) is 6.61 Å². The molecule has 1 aromatic heterocycles. The van der Waals surface area contributed by atoms with Gasteiger partial charge >= 0.3 is 0 Å². The van der Waals surface area contributed by atoms with Crippen LogP contribution in [0.15, 0.2) is 24.5 Å². The summed E-state index contributed by atoms with van der Waals surface area (Å²) in [5, 5.41) is 0. The van der Waals surface area contributed by atoms with Crippen LogP contribution in [0.4, 0.5) is 0 Å². The molecule has 0 N–H and O–H groups in total. The summed E-state index contributed by atoms with van der Waals surface area (Å²) in [5.74, 6) is 1.10. The number of ether oxygens (including phenoxy) is 2. The van der Waals surface area contributed by atoms with Gasteiger partial charge in [-0.25, -0.2) is 0 Å². The molecule has 18 heavy (non-hydrogen) atoms. The van der Waals surface area contributed by atoms with Crippen molar-refractivity contribution in [3.05, 3.63) is 24.5 Å². The minimum atomic E-state index is 0.0254. The molecular formula is C13H18N2O3. The van der Waals surface area contributed by atoms with E-state index < -0.39 is 0 Å². The number of amides is 1. The van der Waals surface area contributed by atoms with Crippen molar-refractivity contribution in [1.29, 1.82) is 0 Å². The first-order valence-electron chi connectivity index (χ1n) is 6.09. The van der Waals surface area contributed by atoms with Crippen molar-refractivity contribution in [2.75, 3.05) is 33.4 Å². The molecule has 0 radical (unpaired) electrons. The van der Waals surface area contributed by atoms with E-state index >= 15 is 0 Å². The Morgan fingerprint density at radius 3 is 3.22 bits per heavy atom. The summed E-state index contributed by atoms with van der Waals surface area (Å²) in [6, 6.07) is 3.57. The summed E-state index contributed by atoms with van der Waals surface area (Å²) in [7, 11) is 1.69. The Balaban J connectivity index is 1.76. The third-order valence-corrected chi connectivity index (χ3v) is 3.04. The third kappa shape index (κ3) is 3.43. The first-order valence-corrected chi connectivity index (χ1v) is 6.09. The van der Waals surface area contributed by atoms with Crippen LogP contribution in [-0.2, 0) is 9.53 Å². The van der Waals surface area contributed by atoms with E-state index in [2.05, 4.69) is 4.98 Å². The van der Waals surface area contributed by atoms with Crippen molar-refractivity contribution in [3.63, 3.8) is 0 Å². The van der Waals surface area contributed by atoms with E-state index in [-0.39, 0.29) is 12.5 Å². The summed E-state index contributed by atoms with van der Waals surface area (Å²) >= 11 is 0. The van der Waals surface area contributed by atoms with Crippen LogP contribution in [0.5, 0.6) is 5.75 Å². The number of likely N-dealkylation sites (tertiary alicyclic amines) is 1. The minimum Gasteiger partial charge on any atom is -0.482 e. The Labute approximate surface area is 107 Å². The van der Waals surface area contributed by atoms with Crippen LogP contribution in [0.1, 0.15) is 6.42 Å². The van der Waals surface area contributed by atoms with Crippen molar-refractivity contribution in [2.24, 2.45) is 5.92 Å². The Bertz CT molecular complexity index is 383. The highest BCUT2D eigenvalue weighted by Crippen LogP contribution is 2.16. The van der Waals surface area contributed by atoms with E-state index in [1.165, 1.54) is 0 Å². The Kier molecular flexibility index (Phi) is 4.52. The number of rotatable bonds is 5. The van der Waals surface area contributed by atoms with E-state index in [1.807, 2.05) is 4.90 Å². The maximum absolute atomic E-state index is 11.9. The zero-order valence-corrected chi connectivity index (χ0v) is 10.5. The Morgan fingerprint density at radius 1 is 1.61 bits per heavy atom. The number of carbonyl (C=O) groups excluding carboxylic acids is 1. The van der Waals surface area contributed by atoms with Gasteiger partial charge in [0.05, 0.1) is 12.8 Å². The normalized spacial score (nSPS) is 18.9. The monoisotopic (exact) mass is 250 g/mol. The summed E-state index contributed by atoms with van der Waals surface area (Å²) in [6.45, 7) is 2.35. The smallest absolute Gasteiger partial charge is 0.260 e. The molecule has 1 aliphatic heterocycles. The summed E-state index contributed by atoms with van der Waals surface area (Å²) in [5.41, 5.74) is 0. The zero-order valence-electron chi connectivity index (χ0n) is 10.5. The van der Waals surface area contributed by atoms with Crippen molar-refractivity contribution >= 4 is 5.91 Å². The van der Waals surface area contributed by atoms with Crippen LogP contribution in [0.25, 0.3) is 0 Å². The molecule has 1 fully saturated rings. The van der Waals surface area contributed by atoms with Gasteiger partial charge in [-0.05, 0) is 18.6 Å². The zero-order chi connectivity index (χ0) is 12.8. The molecule has 0 bridgehead atoms. The molecule has 1 aromatic rings. The minimum absolute atomic E-state index is 0.0254. The molecule has 1 aliphatic rings. The molecule has 98 valence electrons. The van der Waals surface area contributed by atoms with Gasteiger partial charge in [0, 0.05) is 32.3 Å². The molecule has 5 nitrogen and oxygen atoms in total. The Morgan fingerprint density at radius 2 is 2.50 bits per heavy atom. The number of pyridine rings is 1. The lowest BCUT2D eigenvalue weighted by Crippen LogP contribution is -2.33. The summed E-state index contributed by atoms with van der Waals surface area (Å²) in [6.07, 6.45) is 4.28. The second-order valence-electron chi connectivity index (χ2n) is 4.43. The highest BCUT2D eigenvalue weighted by Gasteiger charge is 2.26. The van der Waals surface area contributed by atoms with Gasteiger partial charge in [0.25, 0.3) is 5.91 Å². The van der Waals surface area contributed by atoms with E-state index in [0.29, 0.717) is 18.3 Å². The quantitative estimate of drug-likeness (QED) is 0.781. The van der Waals surface area contributed by atoms with Gasteiger partial charge < -0.3 is 14.4 Å². The fourth-order valence-electron chi connectivity index (χ4n) is 2.10. The summed E-state index contributed by atoms with van der Waals surface area (Å²) < 4.78 is 10.5. The molecule has 0 saturated carbocycles. The SMILES string of the molecule is COC[C@H]1CCN(C(=O)COc2cccnc2)C1.